The van der Waals surface area contributed by atoms with Crippen molar-refractivity contribution < 1.29 is 0 Å². The van der Waals surface area contributed by atoms with E-state index in [-0.39, 0.29) is 0 Å². The molecule has 7 heteroatoms. The summed E-state index contributed by atoms with van der Waals surface area (Å²) in [5, 5.41) is 8.04. The molecular weight excluding hydrogens is 450 g/mol. The summed E-state index contributed by atoms with van der Waals surface area (Å²) in [5.41, 5.74) is 5.97. The number of hydrogen-bond donors (Lipinski definition) is 1. The third-order valence-corrected chi connectivity index (χ3v) is 8.04. The largest absolute Gasteiger partial charge is 0.329 e. The van der Waals surface area contributed by atoms with Gasteiger partial charge in [0.05, 0.1) is 5.69 Å². The van der Waals surface area contributed by atoms with Gasteiger partial charge < -0.3 is 9.88 Å². The Kier molecular flexibility index (Phi) is 5.74. The van der Waals surface area contributed by atoms with Gasteiger partial charge in [0, 0.05) is 47.7 Å². The van der Waals surface area contributed by atoms with E-state index in [9.17, 15) is 0 Å². The maximum Gasteiger partial charge on any atom is 0.224 e. The van der Waals surface area contributed by atoms with Crippen LogP contribution in [0.4, 0.5) is 0 Å². The van der Waals surface area contributed by atoms with Crippen LogP contribution >= 0.6 is 22.9 Å². The van der Waals surface area contributed by atoms with Gasteiger partial charge in [-0.05, 0) is 55.3 Å². The number of thiazole rings is 1. The third-order valence-electron chi connectivity index (χ3n) is 6.93. The SMILES string of the molecule is Clc1ncc2c(-c3nc(Cc4ccccc4)cs3)cn(C3CCC(C4=CCCNC4)C3)c2n1. The highest BCUT2D eigenvalue weighted by Gasteiger charge is 2.30. The lowest BCUT2D eigenvalue weighted by Crippen LogP contribution is -2.25. The van der Waals surface area contributed by atoms with Crippen LogP contribution in [0.15, 0.2) is 59.8 Å². The number of benzene rings is 1. The van der Waals surface area contributed by atoms with Crippen molar-refractivity contribution >= 4 is 34.0 Å². The third kappa shape index (κ3) is 4.23. The lowest BCUT2D eigenvalue weighted by Gasteiger charge is -2.20. The fourth-order valence-corrected chi connectivity index (χ4v) is 6.27. The van der Waals surface area contributed by atoms with E-state index in [2.05, 4.69) is 61.8 Å². The molecule has 33 heavy (non-hydrogen) atoms. The maximum absolute atomic E-state index is 6.23. The van der Waals surface area contributed by atoms with Gasteiger partial charge in [-0.1, -0.05) is 42.0 Å². The molecule has 3 aromatic heterocycles. The normalized spacial score (nSPS) is 20.9. The average molecular weight is 476 g/mol. The maximum atomic E-state index is 6.23. The minimum atomic E-state index is 0.297. The summed E-state index contributed by atoms with van der Waals surface area (Å²) in [6, 6.07) is 10.9. The van der Waals surface area contributed by atoms with E-state index >= 15 is 0 Å². The number of hydrogen-bond acceptors (Lipinski definition) is 5. The Morgan fingerprint density at radius 2 is 2.06 bits per heavy atom. The zero-order chi connectivity index (χ0) is 22.2. The first-order valence-corrected chi connectivity index (χ1v) is 12.9. The van der Waals surface area contributed by atoms with Crippen molar-refractivity contribution in [2.24, 2.45) is 5.92 Å². The summed E-state index contributed by atoms with van der Waals surface area (Å²) in [5.74, 6) is 0.651. The van der Waals surface area contributed by atoms with Crippen molar-refractivity contribution in [3.05, 3.63) is 76.3 Å². The van der Waals surface area contributed by atoms with E-state index < -0.39 is 0 Å². The van der Waals surface area contributed by atoms with Gasteiger partial charge in [0.1, 0.15) is 10.7 Å². The summed E-state index contributed by atoms with van der Waals surface area (Å²) in [7, 11) is 0. The average Bonchev–Trinajstić information content (AvgIpc) is 3.58. The van der Waals surface area contributed by atoms with Gasteiger partial charge in [0.2, 0.25) is 5.28 Å². The first kappa shape index (κ1) is 21.0. The Balaban J connectivity index is 1.32. The van der Waals surface area contributed by atoms with Crippen molar-refractivity contribution in [2.45, 2.75) is 38.1 Å². The standard InChI is InChI=1S/C26H26ClN5S/c27-26-29-14-22-23(25-30-20(16-33-25)11-17-5-2-1-3-6-17)15-32(24(22)31-26)21-9-8-18(12-21)19-7-4-10-28-13-19/h1-3,5-7,14-16,18,21,28H,4,8-13H2. The van der Waals surface area contributed by atoms with Crippen LogP contribution in [-0.2, 0) is 6.42 Å². The molecule has 2 unspecified atom stereocenters. The van der Waals surface area contributed by atoms with E-state index in [1.807, 2.05) is 12.3 Å². The fraction of sp³-hybridized carbons (Fsp3) is 0.346. The van der Waals surface area contributed by atoms with Crippen molar-refractivity contribution in [2.75, 3.05) is 13.1 Å². The summed E-state index contributed by atoms with van der Waals surface area (Å²) >= 11 is 7.92. The van der Waals surface area contributed by atoms with Crippen molar-refractivity contribution in [1.29, 1.82) is 0 Å². The molecule has 0 amide bonds. The highest BCUT2D eigenvalue weighted by atomic mass is 35.5. The van der Waals surface area contributed by atoms with E-state index in [1.54, 1.807) is 16.9 Å². The zero-order valence-electron chi connectivity index (χ0n) is 18.4. The van der Waals surface area contributed by atoms with Crippen LogP contribution in [0.25, 0.3) is 21.6 Å². The van der Waals surface area contributed by atoms with Crippen molar-refractivity contribution in [3.8, 4) is 10.6 Å². The summed E-state index contributed by atoms with van der Waals surface area (Å²) in [6.45, 7) is 2.13. The Morgan fingerprint density at radius 1 is 1.15 bits per heavy atom. The van der Waals surface area contributed by atoms with Crippen molar-refractivity contribution in [3.63, 3.8) is 0 Å². The Hall–Kier alpha value is -2.54. The Morgan fingerprint density at radius 3 is 2.91 bits per heavy atom. The predicted molar refractivity (Wildman–Crippen MR) is 135 cm³/mol. The van der Waals surface area contributed by atoms with E-state index in [4.69, 9.17) is 16.6 Å². The molecule has 0 spiro atoms. The number of aromatic nitrogens is 4. The molecule has 0 saturated heterocycles. The molecule has 2 atom stereocenters. The molecule has 4 aromatic rings. The molecule has 0 radical (unpaired) electrons. The van der Waals surface area contributed by atoms with Gasteiger partial charge in [0.25, 0.3) is 0 Å². The van der Waals surface area contributed by atoms with Gasteiger partial charge in [-0.3, -0.25) is 0 Å². The van der Waals surface area contributed by atoms with Crippen LogP contribution in [-0.4, -0.2) is 32.6 Å². The van der Waals surface area contributed by atoms with Crippen molar-refractivity contribution in [1.82, 2.24) is 24.8 Å². The second-order valence-electron chi connectivity index (χ2n) is 9.04. The van der Waals surface area contributed by atoms with Crippen LogP contribution < -0.4 is 5.32 Å². The molecular formula is C26H26ClN5S. The second kappa shape index (κ2) is 9.01. The molecule has 5 nitrogen and oxygen atoms in total. The number of nitrogens with one attached hydrogen (secondary N) is 1. The van der Waals surface area contributed by atoms with Crippen LogP contribution in [0.2, 0.25) is 5.28 Å². The Labute approximate surface area is 202 Å². The molecule has 0 bridgehead atoms. The molecule has 1 aliphatic heterocycles. The van der Waals surface area contributed by atoms with Crippen LogP contribution in [0.3, 0.4) is 0 Å². The van der Waals surface area contributed by atoms with E-state index in [0.29, 0.717) is 17.2 Å². The molecule has 168 valence electrons. The molecule has 1 fully saturated rings. The van der Waals surface area contributed by atoms with Gasteiger partial charge in [-0.25, -0.2) is 9.97 Å². The minimum absolute atomic E-state index is 0.297. The molecule has 1 saturated carbocycles. The number of fused-ring (bicyclic) bond motifs is 1. The minimum Gasteiger partial charge on any atom is -0.329 e. The smallest absolute Gasteiger partial charge is 0.224 e. The number of halogens is 1. The molecule has 6 rings (SSSR count). The number of rotatable bonds is 5. The van der Waals surface area contributed by atoms with Crippen LogP contribution in [0.1, 0.15) is 43.0 Å². The van der Waals surface area contributed by atoms with Gasteiger partial charge in [-0.15, -0.1) is 11.3 Å². The van der Waals surface area contributed by atoms with Gasteiger partial charge in [-0.2, -0.15) is 4.98 Å². The molecule has 1 aliphatic carbocycles. The first-order valence-electron chi connectivity index (χ1n) is 11.7. The monoisotopic (exact) mass is 475 g/mol. The zero-order valence-corrected chi connectivity index (χ0v) is 19.9. The highest BCUT2D eigenvalue weighted by Crippen LogP contribution is 2.42. The molecule has 1 aromatic carbocycles. The van der Waals surface area contributed by atoms with E-state index in [1.165, 1.54) is 12.0 Å². The highest BCUT2D eigenvalue weighted by molar-refractivity contribution is 7.13. The molecule has 1 N–H and O–H groups in total. The first-order chi connectivity index (χ1) is 16.2. The summed E-state index contributed by atoms with van der Waals surface area (Å²) < 4.78 is 2.34. The molecule has 4 heterocycles. The second-order valence-corrected chi connectivity index (χ2v) is 10.2. The summed E-state index contributed by atoms with van der Waals surface area (Å²) in [4.78, 5) is 13.9. The van der Waals surface area contributed by atoms with Gasteiger partial charge in [0.15, 0.2) is 0 Å². The van der Waals surface area contributed by atoms with Crippen LogP contribution in [0.5, 0.6) is 0 Å². The van der Waals surface area contributed by atoms with Crippen LogP contribution in [0, 0.1) is 5.92 Å². The van der Waals surface area contributed by atoms with Gasteiger partial charge >= 0.3 is 0 Å². The Bertz CT molecular complexity index is 1310. The quantitative estimate of drug-likeness (QED) is 0.281. The predicted octanol–water partition coefficient (Wildman–Crippen LogP) is 6.06. The topological polar surface area (TPSA) is 55.6 Å². The number of nitrogens with zero attached hydrogens (tertiary/aromatic N) is 4. The lowest BCUT2D eigenvalue weighted by molar-refractivity contribution is 0.501. The summed E-state index contributed by atoms with van der Waals surface area (Å²) in [6.07, 6.45) is 12.1. The van der Waals surface area contributed by atoms with E-state index in [0.717, 1.165) is 66.1 Å². The fourth-order valence-electron chi connectivity index (χ4n) is 5.30. The lowest BCUT2D eigenvalue weighted by atomic mass is 9.94. The molecule has 2 aliphatic rings.